The summed E-state index contributed by atoms with van der Waals surface area (Å²) in [6.07, 6.45) is 9.18. The lowest BCUT2D eigenvalue weighted by Crippen LogP contribution is -2.47. The molecule has 0 spiro atoms. The second-order valence-corrected chi connectivity index (χ2v) is 10.4. The summed E-state index contributed by atoms with van der Waals surface area (Å²) < 4.78 is 6.49. The minimum atomic E-state index is -0.242. The Labute approximate surface area is 171 Å². The molecule has 3 rings (SSSR count). The predicted molar refractivity (Wildman–Crippen MR) is 115 cm³/mol. The molecule has 2 aliphatic rings. The summed E-state index contributed by atoms with van der Waals surface area (Å²) in [5.74, 6) is 2.24. The first-order valence-electron chi connectivity index (χ1n) is 11.4. The van der Waals surface area contributed by atoms with Crippen molar-refractivity contribution >= 4 is 0 Å². The average molecular weight is 389 g/mol. The van der Waals surface area contributed by atoms with Gasteiger partial charge in [-0.2, -0.15) is 0 Å². The molecule has 158 valence electrons. The number of aliphatic hydroxyl groups is 1. The molecule has 0 amide bonds. The molecule has 1 fully saturated rings. The van der Waals surface area contributed by atoms with Gasteiger partial charge < -0.3 is 14.9 Å². The van der Waals surface area contributed by atoms with E-state index >= 15 is 0 Å². The first-order chi connectivity index (χ1) is 13.2. The maximum Gasteiger partial charge on any atom is 0.127 e. The smallest absolute Gasteiger partial charge is 0.127 e. The monoisotopic (exact) mass is 388 g/mol. The molecule has 3 heteroatoms. The number of rotatable bonds is 7. The summed E-state index contributed by atoms with van der Waals surface area (Å²) in [6, 6.07) is 4.18. The maximum atomic E-state index is 11.0. The van der Waals surface area contributed by atoms with Gasteiger partial charge in [-0.1, -0.05) is 46.5 Å². The molecule has 1 unspecified atom stereocenters. The minimum absolute atomic E-state index is 0.0187. The molecule has 28 heavy (non-hydrogen) atoms. The summed E-state index contributed by atoms with van der Waals surface area (Å²) in [5.41, 5.74) is 1.93. The molecule has 2 N–H and O–H groups in total. The van der Waals surface area contributed by atoms with E-state index in [9.17, 15) is 10.2 Å². The van der Waals surface area contributed by atoms with Crippen LogP contribution in [-0.2, 0) is 5.41 Å². The number of ether oxygens (including phenoxy) is 1. The molecular formula is C25H40O3. The largest absolute Gasteiger partial charge is 0.508 e. The molecular weight excluding hydrogens is 348 g/mol. The fraction of sp³-hybridized carbons (Fsp3) is 0.760. The first kappa shape index (κ1) is 21.5. The van der Waals surface area contributed by atoms with Gasteiger partial charge in [0.2, 0.25) is 0 Å². The highest BCUT2D eigenvalue weighted by molar-refractivity contribution is 5.53. The number of hydrogen-bond acceptors (Lipinski definition) is 3. The molecule has 1 aliphatic heterocycles. The van der Waals surface area contributed by atoms with E-state index in [1.807, 2.05) is 6.07 Å². The molecule has 3 nitrogen and oxygen atoms in total. The van der Waals surface area contributed by atoms with E-state index in [1.165, 1.54) is 31.2 Å². The number of benzene rings is 1. The number of aliphatic hydroxyl groups excluding tert-OH is 1. The van der Waals surface area contributed by atoms with Gasteiger partial charge in [0.05, 0.1) is 0 Å². The molecule has 0 aromatic heterocycles. The van der Waals surface area contributed by atoms with Gasteiger partial charge in [-0.15, -0.1) is 0 Å². The van der Waals surface area contributed by atoms with E-state index < -0.39 is 0 Å². The Hall–Kier alpha value is -1.22. The zero-order chi connectivity index (χ0) is 20.5. The van der Waals surface area contributed by atoms with Crippen molar-refractivity contribution in [3.63, 3.8) is 0 Å². The Kier molecular flexibility index (Phi) is 6.34. The van der Waals surface area contributed by atoms with Crippen LogP contribution in [-0.4, -0.2) is 22.4 Å². The molecule has 1 saturated carbocycles. The SMILES string of the molecule is CCCCCCC(C)(C)c1cc(O)c2c(c1)OC(C)(C)[C@@H]1CC[C@@H](CO)CC21. The predicted octanol–water partition coefficient (Wildman–Crippen LogP) is 6.30. The van der Waals surface area contributed by atoms with E-state index in [-0.39, 0.29) is 23.5 Å². The summed E-state index contributed by atoms with van der Waals surface area (Å²) in [5, 5.41) is 20.7. The second kappa shape index (κ2) is 8.26. The summed E-state index contributed by atoms with van der Waals surface area (Å²) in [4.78, 5) is 0. The third-order valence-corrected chi connectivity index (χ3v) is 7.41. The van der Waals surface area contributed by atoms with Crippen LogP contribution in [0, 0.1) is 11.8 Å². The van der Waals surface area contributed by atoms with Crippen LogP contribution in [0.25, 0.3) is 0 Å². The molecule has 1 heterocycles. The van der Waals surface area contributed by atoms with Crippen LogP contribution in [0.4, 0.5) is 0 Å². The lowest BCUT2D eigenvalue weighted by Gasteiger charge is -2.49. The van der Waals surface area contributed by atoms with Crippen molar-refractivity contribution in [3.05, 3.63) is 23.3 Å². The lowest BCUT2D eigenvalue weighted by atomic mass is 9.63. The van der Waals surface area contributed by atoms with Crippen molar-refractivity contribution in [2.75, 3.05) is 6.61 Å². The van der Waals surface area contributed by atoms with Crippen LogP contribution in [0.2, 0.25) is 0 Å². The van der Waals surface area contributed by atoms with Gasteiger partial charge in [0.15, 0.2) is 0 Å². The number of fused-ring (bicyclic) bond motifs is 3. The molecule has 0 bridgehead atoms. The van der Waals surface area contributed by atoms with E-state index in [0.717, 1.165) is 37.0 Å². The van der Waals surface area contributed by atoms with Crippen LogP contribution in [0.3, 0.4) is 0 Å². The first-order valence-corrected chi connectivity index (χ1v) is 11.4. The van der Waals surface area contributed by atoms with Crippen LogP contribution in [0.1, 0.15) is 103 Å². The quantitative estimate of drug-likeness (QED) is 0.539. The van der Waals surface area contributed by atoms with Gasteiger partial charge in [-0.3, -0.25) is 0 Å². The van der Waals surface area contributed by atoms with Gasteiger partial charge in [-0.25, -0.2) is 0 Å². The lowest BCUT2D eigenvalue weighted by molar-refractivity contribution is -0.0211. The Morgan fingerprint density at radius 2 is 1.89 bits per heavy atom. The minimum Gasteiger partial charge on any atom is -0.508 e. The molecule has 1 aromatic rings. The van der Waals surface area contributed by atoms with Crippen LogP contribution in [0.15, 0.2) is 12.1 Å². The van der Waals surface area contributed by atoms with Gasteiger partial charge in [-0.05, 0) is 74.5 Å². The van der Waals surface area contributed by atoms with E-state index in [2.05, 4.69) is 40.7 Å². The van der Waals surface area contributed by atoms with Gasteiger partial charge in [0.1, 0.15) is 17.1 Å². The highest BCUT2D eigenvalue weighted by Gasteiger charge is 2.47. The van der Waals surface area contributed by atoms with Crippen molar-refractivity contribution < 1.29 is 14.9 Å². The van der Waals surface area contributed by atoms with Gasteiger partial charge >= 0.3 is 0 Å². The fourth-order valence-corrected chi connectivity index (χ4v) is 5.53. The zero-order valence-corrected chi connectivity index (χ0v) is 18.6. The number of phenols is 1. The third-order valence-electron chi connectivity index (χ3n) is 7.41. The number of hydrogen-bond donors (Lipinski definition) is 2. The van der Waals surface area contributed by atoms with Crippen molar-refractivity contribution in [1.82, 2.24) is 0 Å². The van der Waals surface area contributed by atoms with Crippen molar-refractivity contribution in [2.45, 2.75) is 103 Å². The van der Waals surface area contributed by atoms with E-state index in [1.54, 1.807) is 0 Å². The normalized spacial score (nSPS) is 26.3. The average Bonchev–Trinajstić information content (AvgIpc) is 2.63. The molecule has 1 aliphatic carbocycles. The fourth-order valence-electron chi connectivity index (χ4n) is 5.53. The highest BCUT2D eigenvalue weighted by atomic mass is 16.5. The highest BCUT2D eigenvalue weighted by Crippen LogP contribution is 2.56. The number of unbranched alkanes of at least 4 members (excludes halogenated alkanes) is 3. The topological polar surface area (TPSA) is 49.7 Å². The van der Waals surface area contributed by atoms with Gasteiger partial charge in [0.25, 0.3) is 0 Å². The number of aromatic hydroxyl groups is 1. The van der Waals surface area contributed by atoms with Crippen molar-refractivity contribution in [2.24, 2.45) is 11.8 Å². The zero-order valence-electron chi connectivity index (χ0n) is 18.6. The second-order valence-electron chi connectivity index (χ2n) is 10.4. The number of phenolic OH excluding ortho intramolecular Hbond substituents is 1. The van der Waals surface area contributed by atoms with E-state index in [0.29, 0.717) is 17.6 Å². The standard InChI is InChI=1S/C25H40O3/c1-6-7-8-9-12-24(2,3)18-14-21(27)23-19-13-17(16-26)10-11-20(19)25(4,5)28-22(23)15-18/h14-15,17,19-20,26-27H,6-13,16H2,1-5H3/t17-,19?,20-/m1/s1. The summed E-state index contributed by atoms with van der Waals surface area (Å²) in [6.45, 7) is 11.4. The van der Waals surface area contributed by atoms with Crippen LogP contribution >= 0.6 is 0 Å². The Morgan fingerprint density at radius 1 is 1.14 bits per heavy atom. The Bertz CT molecular complexity index is 677. The van der Waals surface area contributed by atoms with E-state index in [4.69, 9.17) is 4.74 Å². The summed E-state index contributed by atoms with van der Waals surface area (Å²) >= 11 is 0. The van der Waals surface area contributed by atoms with Crippen molar-refractivity contribution in [1.29, 1.82) is 0 Å². The molecule has 0 saturated heterocycles. The maximum absolute atomic E-state index is 11.0. The van der Waals surface area contributed by atoms with Crippen molar-refractivity contribution in [3.8, 4) is 11.5 Å². The third kappa shape index (κ3) is 4.20. The molecule has 3 atom stereocenters. The Balaban J connectivity index is 1.91. The van der Waals surface area contributed by atoms with Gasteiger partial charge in [0, 0.05) is 18.1 Å². The van der Waals surface area contributed by atoms with Crippen LogP contribution < -0.4 is 4.74 Å². The summed E-state index contributed by atoms with van der Waals surface area (Å²) in [7, 11) is 0. The molecule has 0 radical (unpaired) electrons. The van der Waals surface area contributed by atoms with Crippen LogP contribution in [0.5, 0.6) is 11.5 Å². The molecule has 1 aromatic carbocycles. The Morgan fingerprint density at radius 3 is 2.57 bits per heavy atom.